The van der Waals surface area contributed by atoms with Gasteiger partial charge in [-0.15, -0.1) is 0 Å². The number of alkyl halides is 3. The van der Waals surface area contributed by atoms with Crippen molar-refractivity contribution in [1.82, 2.24) is 9.97 Å². The molecule has 2 N–H and O–H groups in total. The maximum absolute atomic E-state index is 12.8. The average Bonchev–Trinajstić information content (AvgIpc) is 2.86. The van der Waals surface area contributed by atoms with Crippen molar-refractivity contribution < 1.29 is 13.2 Å². The second-order valence-electron chi connectivity index (χ2n) is 6.17. The lowest BCUT2D eigenvalue weighted by atomic mass is 9.77. The van der Waals surface area contributed by atoms with Crippen LogP contribution < -0.4 is 10.6 Å². The Kier molecular flexibility index (Phi) is 3.45. The molecule has 21 heavy (non-hydrogen) atoms. The van der Waals surface area contributed by atoms with Gasteiger partial charge in [-0.3, -0.25) is 0 Å². The van der Waals surface area contributed by atoms with E-state index in [1.165, 1.54) is 31.7 Å². The van der Waals surface area contributed by atoms with E-state index in [-0.39, 0.29) is 5.82 Å². The third-order valence-corrected chi connectivity index (χ3v) is 4.80. The van der Waals surface area contributed by atoms with Crippen LogP contribution in [0.25, 0.3) is 0 Å². The molecular formula is C14H19F3N4. The molecule has 0 amide bonds. The first-order valence-corrected chi connectivity index (χ1v) is 7.35. The molecule has 7 heteroatoms. The summed E-state index contributed by atoms with van der Waals surface area (Å²) in [7, 11) is 0. The van der Waals surface area contributed by atoms with Crippen molar-refractivity contribution in [3.8, 4) is 0 Å². The van der Waals surface area contributed by atoms with Gasteiger partial charge in [0.25, 0.3) is 0 Å². The molecule has 3 rings (SSSR count). The maximum atomic E-state index is 12.8. The topological polar surface area (TPSA) is 55.0 Å². The van der Waals surface area contributed by atoms with Gasteiger partial charge in [0.1, 0.15) is 11.6 Å². The van der Waals surface area contributed by atoms with E-state index in [0.29, 0.717) is 11.2 Å². The molecule has 0 bridgehead atoms. The fraction of sp³-hybridized carbons (Fsp3) is 0.714. The smallest absolute Gasteiger partial charge is 0.384 e. The Labute approximate surface area is 121 Å². The summed E-state index contributed by atoms with van der Waals surface area (Å²) in [5.74, 6) is -0.991. The molecule has 0 atom stereocenters. The summed E-state index contributed by atoms with van der Waals surface area (Å²) < 4.78 is 38.3. The van der Waals surface area contributed by atoms with Crippen LogP contribution in [0, 0.1) is 5.41 Å². The summed E-state index contributed by atoms with van der Waals surface area (Å²) in [4.78, 5) is 8.84. The number of hydrogen-bond acceptors (Lipinski definition) is 4. The van der Waals surface area contributed by atoms with Crippen molar-refractivity contribution in [2.45, 2.75) is 44.7 Å². The Morgan fingerprint density at radius 1 is 1.05 bits per heavy atom. The Balaban J connectivity index is 1.77. The van der Waals surface area contributed by atoms with E-state index < -0.39 is 12.0 Å². The van der Waals surface area contributed by atoms with E-state index in [0.717, 1.165) is 25.9 Å². The highest BCUT2D eigenvalue weighted by atomic mass is 19.4. The van der Waals surface area contributed by atoms with Gasteiger partial charge in [-0.1, -0.05) is 12.8 Å². The summed E-state index contributed by atoms with van der Waals surface area (Å²) in [6, 6.07) is 1.43. The summed E-state index contributed by atoms with van der Waals surface area (Å²) in [5, 5.41) is 0. The number of hydrogen-bond donors (Lipinski definition) is 1. The quantitative estimate of drug-likeness (QED) is 0.865. The number of halogens is 3. The zero-order valence-electron chi connectivity index (χ0n) is 11.8. The van der Waals surface area contributed by atoms with Gasteiger partial charge in [0.2, 0.25) is 5.82 Å². The lowest BCUT2D eigenvalue weighted by Gasteiger charge is -2.40. The van der Waals surface area contributed by atoms with Crippen molar-refractivity contribution in [3.63, 3.8) is 0 Å². The second kappa shape index (κ2) is 5.03. The second-order valence-corrected chi connectivity index (χ2v) is 6.17. The van der Waals surface area contributed by atoms with Crippen LogP contribution in [-0.4, -0.2) is 23.1 Å². The highest BCUT2D eigenvalue weighted by Crippen LogP contribution is 2.46. The highest BCUT2D eigenvalue weighted by molar-refractivity contribution is 5.47. The van der Waals surface area contributed by atoms with Crippen LogP contribution in [0.15, 0.2) is 6.07 Å². The molecule has 1 aromatic rings. The van der Waals surface area contributed by atoms with E-state index in [1.807, 2.05) is 4.90 Å². The van der Waals surface area contributed by atoms with Gasteiger partial charge in [-0.25, -0.2) is 9.97 Å². The number of nitrogen functional groups attached to an aromatic ring is 1. The summed E-state index contributed by atoms with van der Waals surface area (Å²) in [6.45, 7) is 1.49. The molecule has 1 saturated carbocycles. The molecule has 116 valence electrons. The van der Waals surface area contributed by atoms with Crippen LogP contribution in [0.4, 0.5) is 24.8 Å². The molecule has 0 aromatic carbocycles. The normalized spacial score (nSPS) is 22.0. The van der Waals surface area contributed by atoms with Crippen LogP contribution in [0.5, 0.6) is 0 Å². The molecule has 4 nitrogen and oxygen atoms in total. The van der Waals surface area contributed by atoms with Gasteiger partial charge in [-0.2, -0.15) is 13.2 Å². The van der Waals surface area contributed by atoms with E-state index in [1.54, 1.807) is 0 Å². The van der Waals surface area contributed by atoms with Crippen molar-refractivity contribution in [2.24, 2.45) is 5.41 Å². The van der Waals surface area contributed by atoms with Crippen molar-refractivity contribution in [3.05, 3.63) is 11.9 Å². The molecule has 0 radical (unpaired) electrons. The first-order chi connectivity index (χ1) is 9.88. The molecular weight excluding hydrogens is 281 g/mol. The minimum atomic E-state index is -4.56. The molecule has 1 aromatic heterocycles. The van der Waals surface area contributed by atoms with Crippen molar-refractivity contribution in [1.29, 1.82) is 0 Å². The number of piperidine rings is 1. The Morgan fingerprint density at radius 3 is 2.24 bits per heavy atom. The van der Waals surface area contributed by atoms with Crippen LogP contribution >= 0.6 is 0 Å². The monoisotopic (exact) mass is 300 g/mol. The lowest BCUT2D eigenvalue weighted by Crippen LogP contribution is -2.39. The summed E-state index contributed by atoms with van der Waals surface area (Å²) in [5.41, 5.74) is 5.92. The minimum Gasteiger partial charge on any atom is -0.384 e. The first kappa shape index (κ1) is 14.4. The van der Waals surface area contributed by atoms with Crippen LogP contribution in [0.3, 0.4) is 0 Å². The minimum absolute atomic E-state index is 0.131. The van der Waals surface area contributed by atoms with Gasteiger partial charge in [0.05, 0.1) is 0 Å². The first-order valence-electron chi connectivity index (χ1n) is 7.35. The Morgan fingerprint density at radius 2 is 1.67 bits per heavy atom. The van der Waals surface area contributed by atoms with Crippen molar-refractivity contribution in [2.75, 3.05) is 23.7 Å². The third kappa shape index (κ3) is 2.91. The van der Waals surface area contributed by atoms with Crippen molar-refractivity contribution >= 4 is 11.6 Å². The largest absolute Gasteiger partial charge is 0.451 e. The lowest BCUT2D eigenvalue weighted by molar-refractivity contribution is -0.144. The fourth-order valence-corrected chi connectivity index (χ4v) is 3.58. The fourth-order valence-electron chi connectivity index (χ4n) is 3.58. The zero-order valence-corrected chi connectivity index (χ0v) is 11.8. The molecule has 2 aliphatic rings. The standard InChI is InChI=1S/C14H19F3N4/c15-14(16,17)12-19-10(18)9-11(20-12)21-7-5-13(6-8-21)3-1-2-4-13/h9H,1-8H2,(H2,18,19,20). The van der Waals surface area contributed by atoms with E-state index in [4.69, 9.17) is 5.73 Å². The summed E-state index contributed by atoms with van der Waals surface area (Å²) in [6.07, 6.45) is 2.54. The SMILES string of the molecule is Nc1cc(N2CCC3(CCCC3)CC2)nc(C(F)(F)F)n1. The van der Waals surface area contributed by atoms with Gasteiger partial charge in [-0.05, 0) is 31.1 Å². The van der Waals surface area contributed by atoms with E-state index in [9.17, 15) is 13.2 Å². The molecule has 1 aliphatic heterocycles. The van der Waals surface area contributed by atoms with Crippen LogP contribution in [0.2, 0.25) is 0 Å². The van der Waals surface area contributed by atoms with Gasteiger partial charge >= 0.3 is 6.18 Å². The van der Waals surface area contributed by atoms with Gasteiger partial charge < -0.3 is 10.6 Å². The predicted molar refractivity (Wildman–Crippen MR) is 73.8 cm³/mol. The molecule has 1 saturated heterocycles. The van der Waals surface area contributed by atoms with Gasteiger partial charge in [0.15, 0.2) is 0 Å². The summed E-state index contributed by atoms with van der Waals surface area (Å²) >= 11 is 0. The number of anilines is 2. The number of nitrogens with two attached hydrogens (primary N) is 1. The number of rotatable bonds is 1. The molecule has 1 aliphatic carbocycles. The Bertz CT molecular complexity index is 513. The van der Waals surface area contributed by atoms with E-state index in [2.05, 4.69) is 9.97 Å². The Hall–Kier alpha value is -1.53. The van der Waals surface area contributed by atoms with Crippen LogP contribution in [-0.2, 0) is 6.18 Å². The maximum Gasteiger partial charge on any atom is 0.451 e. The third-order valence-electron chi connectivity index (χ3n) is 4.80. The van der Waals surface area contributed by atoms with Gasteiger partial charge in [0, 0.05) is 19.2 Å². The van der Waals surface area contributed by atoms with E-state index >= 15 is 0 Å². The highest BCUT2D eigenvalue weighted by Gasteiger charge is 2.39. The molecule has 0 unspecified atom stereocenters. The molecule has 2 fully saturated rings. The molecule has 1 spiro atoms. The number of aromatic nitrogens is 2. The average molecular weight is 300 g/mol. The number of nitrogens with zero attached hydrogens (tertiary/aromatic N) is 3. The zero-order chi connectivity index (χ0) is 15.1. The van der Waals surface area contributed by atoms with Crippen LogP contribution in [0.1, 0.15) is 44.3 Å². The molecule has 2 heterocycles. The predicted octanol–water partition coefficient (Wildman–Crippen LogP) is 3.24.